The lowest BCUT2D eigenvalue weighted by atomic mass is 10.1. The highest BCUT2D eigenvalue weighted by atomic mass is 79.9. The van der Waals surface area contributed by atoms with Crippen LogP contribution in [0, 0.1) is 10.1 Å². The van der Waals surface area contributed by atoms with Gasteiger partial charge in [0.15, 0.2) is 5.75 Å². The average Bonchev–Trinajstić information content (AvgIpc) is 2.43. The van der Waals surface area contributed by atoms with Gasteiger partial charge in [-0.2, -0.15) is 0 Å². The Morgan fingerprint density at radius 3 is 2.32 bits per heavy atom. The second-order valence-electron chi connectivity index (χ2n) is 4.87. The minimum atomic E-state index is -0.490. The van der Waals surface area contributed by atoms with Crippen LogP contribution in [0.1, 0.15) is 25.3 Å². The third-order valence-corrected chi connectivity index (χ3v) is 4.12. The predicted octanol–water partition coefficient (Wildman–Crippen LogP) is 4.72. The van der Waals surface area contributed by atoms with E-state index < -0.39 is 4.92 Å². The van der Waals surface area contributed by atoms with Gasteiger partial charge >= 0.3 is 0 Å². The van der Waals surface area contributed by atoms with Crippen molar-refractivity contribution in [1.82, 2.24) is 4.98 Å². The smallest absolute Gasteiger partial charge is 0.271 e. The standard InChI is InChI=1S/C14H12Br2N2O4/c1-7(2)10-5-9(6-17-14(10)19)22-13-11(15)3-8(18(20)21)4-12(13)16/h3-7H,1-2H3,(H,17,19). The van der Waals surface area contributed by atoms with Crippen LogP contribution in [0.15, 0.2) is 38.1 Å². The number of aromatic nitrogens is 1. The van der Waals surface area contributed by atoms with Gasteiger partial charge in [0.2, 0.25) is 0 Å². The summed E-state index contributed by atoms with van der Waals surface area (Å²) in [4.78, 5) is 24.7. The first-order valence-electron chi connectivity index (χ1n) is 6.33. The molecule has 6 nitrogen and oxygen atoms in total. The SMILES string of the molecule is CC(C)c1cc(Oc2c(Br)cc([N+](=O)[O-])cc2Br)c[nH]c1=O. The van der Waals surface area contributed by atoms with Crippen LogP contribution >= 0.6 is 31.9 Å². The van der Waals surface area contributed by atoms with Gasteiger partial charge in [0.25, 0.3) is 11.2 Å². The van der Waals surface area contributed by atoms with E-state index in [0.717, 1.165) is 0 Å². The van der Waals surface area contributed by atoms with Gasteiger partial charge in [-0.1, -0.05) is 13.8 Å². The van der Waals surface area contributed by atoms with Crippen molar-refractivity contribution in [3.63, 3.8) is 0 Å². The van der Waals surface area contributed by atoms with Gasteiger partial charge in [0, 0.05) is 23.9 Å². The number of pyridine rings is 1. The van der Waals surface area contributed by atoms with E-state index in [1.807, 2.05) is 13.8 Å². The number of rotatable bonds is 4. The van der Waals surface area contributed by atoms with Crippen LogP contribution < -0.4 is 10.3 Å². The minimum Gasteiger partial charge on any atom is -0.453 e. The monoisotopic (exact) mass is 430 g/mol. The van der Waals surface area contributed by atoms with Gasteiger partial charge in [0.1, 0.15) is 5.75 Å². The zero-order valence-corrected chi connectivity index (χ0v) is 14.9. The molecule has 0 bridgehead atoms. The fourth-order valence-electron chi connectivity index (χ4n) is 1.84. The van der Waals surface area contributed by atoms with Crippen LogP contribution in [0.5, 0.6) is 11.5 Å². The molecule has 0 atom stereocenters. The molecule has 0 saturated heterocycles. The molecular formula is C14H12Br2N2O4. The van der Waals surface area contributed by atoms with Crippen molar-refractivity contribution in [2.75, 3.05) is 0 Å². The predicted molar refractivity (Wildman–Crippen MR) is 89.7 cm³/mol. The zero-order chi connectivity index (χ0) is 16.4. The Balaban J connectivity index is 2.41. The number of hydrogen-bond donors (Lipinski definition) is 1. The summed E-state index contributed by atoms with van der Waals surface area (Å²) in [6.07, 6.45) is 1.45. The molecular weight excluding hydrogens is 420 g/mol. The number of aromatic amines is 1. The van der Waals surface area contributed by atoms with E-state index >= 15 is 0 Å². The molecule has 0 amide bonds. The van der Waals surface area contributed by atoms with Crippen LogP contribution in [0.3, 0.4) is 0 Å². The molecule has 1 aromatic carbocycles. The molecule has 0 unspecified atom stereocenters. The number of nitrogens with zero attached hydrogens (tertiary/aromatic N) is 1. The number of nitrogens with one attached hydrogen (secondary N) is 1. The Morgan fingerprint density at radius 1 is 1.23 bits per heavy atom. The van der Waals surface area contributed by atoms with Crippen molar-refractivity contribution in [3.8, 4) is 11.5 Å². The number of nitro benzene ring substituents is 1. The normalized spacial score (nSPS) is 10.8. The van der Waals surface area contributed by atoms with E-state index in [1.165, 1.54) is 18.3 Å². The van der Waals surface area contributed by atoms with Crippen LogP contribution in [-0.2, 0) is 0 Å². The van der Waals surface area contributed by atoms with Gasteiger partial charge in [-0.3, -0.25) is 14.9 Å². The summed E-state index contributed by atoms with van der Waals surface area (Å²) in [5, 5.41) is 10.8. The Morgan fingerprint density at radius 2 is 1.82 bits per heavy atom. The lowest BCUT2D eigenvalue weighted by Crippen LogP contribution is -2.13. The fourth-order valence-corrected chi connectivity index (χ4v) is 3.16. The third kappa shape index (κ3) is 3.56. The molecule has 1 aromatic heterocycles. The molecule has 22 heavy (non-hydrogen) atoms. The second kappa shape index (κ2) is 6.62. The van der Waals surface area contributed by atoms with E-state index in [9.17, 15) is 14.9 Å². The first-order chi connectivity index (χ1) is 10.3. The van der Waals surface area contributed by atoms with Gasteiger partial charge in [0.05, 0.1) is 13.9 Å². The summed E-state index contributed by atoms with van der Waals surface area (Å²) in [6, 6.07) is 4.37. The summed E-state index contributed by atoms with van der Waals surface area (Å²) in [6.45, 7) is 3.82. The van der Waals surface area contributed by atoms with Crippen LogP contribution in [0.4, 0.5) is 5.69 Å². The number of non-ortho nitro benzene ring substituents is 1. The van der Waals surface area contributed by atoms with Crippen molar-refractivity contribution in [2.24, 2.45) is 0 Å². The third-order valence-electron chi connectivity index (χ3n) is 2.94. The number of benzene rings is 1. The van der Waals surface area contributed by atoms with Crippen molar-refractivity contribution in [3.05, 3.63) is 59.4 Å². The first kappa shape index (κ1) is 16.7. The summed E-state index contributed by atoms with van der Waals surface area (Å²) in [5.41, 5.74) is 0.381. The van der Waals surface area contributed by atoms with Crippen LogP contribution in [0.25, 0.3) is 0 Å². The molecule has 0 spiro atoms. The first-order valence-corrected chi connectivity index (χ1v) is 7.92. The molecule has 1 N–H and O–H groups in total. The van der Waals surface area contributed by atoms with Crippen molar-refractivity contribution < 1.29 is 9.66 Å². The highest BCUT2D eigenvalue weighted by molar-refractivity contribution is 9.11. The number of halogens is 2. The minimum absolute atomic E-state index is 0.0519. The number of nitro groups is 1. The molecule has 0 radical (unpaired) electrons. The Bertz CT molecular complexity index is 764. The van der Waals surface area contributed by atoms with E-state index in [-0.39, 0.29) is 17.2 Å². The summed E-state index contributed by atoms with van der Waals surface area (Å²) < 4.78 is 6.61. The molecule has 0 saturated carbocycles. The van der Waals surface area contributed by atoms with Crippen molar-refractivity contribution in [1.29, 1.82) is 0 Å². The molecule has 0 aliphatic rings. The molecule has 116 valence electrons. The lowest BCUT2D eigenvalue weighted by molar-refractivity contribution is -0.385. The fraction of sp³-hybridized carbons (Fsp3) is 0.214. The zero-order valence-electron chi connectivity index (χ0n) is 11.7. The molecule has 0 aliphatic carbocycles. The van der Waals surface area contributed by atoms with Gasteiger partial charge in [-0.05, 0) is 43.8 Å². The highest BCUT2D eigenvalue weighted by Crippen LogP contribution is 2.39. The van der Waals surface area contributed by atoms with Crippen LogP contribution in [0.2, 0.25) is 0 Å². The van der Waals surface area contributed by atoms with Gasteiger partial charge in [-0.15, -0.1) is 0 Å². The molecule has 1 heterocycles. The molecule has 0 aliphatic heterocycles. The summed E-state index contributed by atoms with van der Waals surface area (Å²) >= 11 is 6.51. The average molecular weight is 432 g/mol. The summed E-state index contributed by atoms with van der Waals surface area (Å²) in [5.74, 6) is 0.891. The van der Waals surface area contributed by atoms with E-state index in [2.05, 4.69) is 36.8 Å². The maximum Gasteiger partial charge on any atom is 0.271 e. The number of hydrogen-bond acceptors (Lipinski definition) is 4. The highest BCUT2D eigenvalue weighted by Gasteiger charge is 2.16. The van der Waals surface area contributed by atoms with E-state index in [1.54, 1.807) is 6.07 Å². The lowest BCUT2D eigenvalue weighted by Gasteiger charge is -2.11. The van der Waals surface area contributed by atoms with Gasteiger partial charge in [-0.25, -0.2) is 0 Å². The topological polar surface area (TPSA) is 85.2 Å². The number of H-pyrrole nitrogens is 1. The van der Waals surface area contributed by atoms with Crippen molar-refractivity contribution in [2.45, 2.75) is 19.8 Å². The second-order valence-corrected chi connectivity index (χ2v) is 6.58. The maximum absolute atomic E-state index is 11.7. The summed E-state index contributed by atoms with van der Waals surface area (Å²) in [7, 11) is 0. The van der Waals surface area contributed by atoms with E-state index in [4.69, 9.17) is 4.74 Å². The molecule has 8 heteroatoms. The van der Waals surface area contributed by atoms with Crippen LogP contribution in [-0.4, -0.2) is 9.91 Å². The van der Waals surface area contributed by atoms with Gasteiger partial charge < -0.3 is 9.72 Å². The van der Waals surface area contributed by atoms with E-state index in [0.29, 0.717) is 26.0 Å². The maximum atomic E-state index is 11.7. The van der Waals surface area contributed by atoms with Crippen molar-refractivity contribution >= 4 is 37.5 Å². The Hall–Kier alpha value is -1.67. The number of ether oxygens (including phenoxy) is 1. The quantitative estimate of drug-likeness (QED) is 0.560. The molecule has 2 rings (SSSR count). The Kier molecular flexibility index (Phi) is 5.02. The largest absolute Gasteiger partial charge is 0.453 e. The molecule has 0 fully saturated rings. The molecule has 2 aromatic rings. The Labute approximate surface area is 142 Å².